The van der Waals surface area contributed by atoms with Crippen molar-refractivity contribution in [3.8, 4) is 5.75 Å². The largest absolute Gasteiger partial charge is 0.491 e. The predicted octanol–water partition coefficient (Wildman–Crippen LogP) is 7.39. The molecular weight excluding hydrogens is 526 g/mol. The molecule has 3 N–H and O–H groups in total. The van der Waals surface area contributed by atoms with E-state index in [1.54, 1.807) is 6.08 Å². The zero-order chi connectivity index (χ0) is 29.2. The van der Waals surface area contributed by atoms with Gasteiger partial charge in [-0.05, 0) is 54.0 Å². The van der Waals surface area contributed by atoms with Crippen molar-refractivity contribution in [2.45, 2.75) is 122 Å². The predicted molar refractivity (Wildman–Crippen MR) is 164 cm³/mol. The molecule has 231 valence electrons. The quantitative estimate of drug-likeness (QED) is 0.0458. The summed E-state index contributed by atoms with van der Waals surface area (Å²) in [7, 11) is -3.41. The van der Waals surface area contributed by atoms with Gasteiger partial charge in [-0.15, -0.1) is 6.58 Å². The van der Waals surface area contributed by atoms with Gasteiger partial charge < -0.3 is 14.2 Å². The molecule has 2 atom stereocenters. The van der Waals surface area contributed by atoms with Gasteiger partial charge in [-0.1, -0.05) is 102 Å². The van der Waals surface area contributed by atoms with Crippen molar-refractivity contribution in [3.63, 3.8) is 0 Å². The fourth-order valence-corrected chi connectivity index (χ4v) is 5.26. The summed E-state index contributed by atoms with van der Waals surface area (Å²) in [5, 5.41) is 0. The minimum absolute atomic E-state index is 0.0623. The summed E-state index contributed by atoms with van der Waals surface area (Å²) in [5.74, 6) is 3.92. The maximum absolute atomic E-state index is 11.2. The zero-order valence-electron chi connectivity index (χ0n) is 25.3. The second-order valence-corrected chi connectivity index (χ2v) is 12.5. The van der Waals surface area contributed by atoms with Crippen LogP contribution in [0.25, 0.3) is 0 Å². The van der Waals surface area contributed by atoms with E-state index in [-0.39, 0.29) is 11.9 Å². The Morgan fingerprint density at radius 1 is 0.825 bits per heavy atom. The van der Waals surface area contributed by atoms with Gasteiger partial charge in [0.25, 0.3) is 0 Å². The summed E-state index contributed by atoms with van der Waals surface area (Å²) < 4.78 is 44.5. The number of hydrogen-bond donors (Lipinski definition) is 1. The summed E-state index contributed by atoms with van der Waals surface area (Å²) in [5.41, 5.74) is 1.37. The average molecular weight is 585 g/mol. The molecule has 7 nitrogen and oxygen atoms in total. The molecule has 1 aromatic rings. The second-order valence-electron chi connectivity index (χ2n) is 10.7. The molecule has 2 unspecified atom stereocenters. The Morgan fingerprint density at radius 2 is 1.40 bits per heavy atom. The SMILES string of the molecule is C=CCOCC(COc1ccc(CCCCCCCCC)cc1)OCCCCCCCCCCC[S+]([O])(=O)O[NH3+]. The van der Waals surface area contributed by atoms with E-state index in [4.69, 9.17) is 14.2 Å². The molecule has 0 spiro atoms. The molecule has 0 saturated heterocycles. The third-order valence-electron chi connectivity index (χ3n) is 7.04. The highest BCUT2D eigenvalue weighted by Gasteiger charge is 2.31. The van der Waals surface area contributed by atoms with Crippen molar-refractivity contribution in [2.24, 2.45) is 0 Å². The second kappa shape index (κ2) is 25.4. The van der Waals surface area contributed by atoms with Gasteiger partial charge in [-0.25, -0.2) is 0 Å². The highest BCUT2D eigenvalue weighted by molar-refractivity contribution is 7.92. The van der Waals surface area contributed by atoms with Gasteiger partial charge in [0.2, 0.25) is 0 Å². The molecule has 0 aliphatic heterocycles. The Bertz CT molecular complexity index is 760. The molecule has 0 aliphatic rings. The summed E-state index contributed by atoms with van der Waals surface area (Å²) in [6, 6.07) is 8.49. The van der Waals surface area contributed by atoms with Crippen molar-refractivity contribution in [1.82, 2.24) is 0 Å². The first-order valence-corrected chi connectivity index (χ1v) is 17.3. The van der Waals surface area contributed by atoms with Gasteiger partial charge in [0.05, 0.1) is 17.8 Å². The van der Waals surface area contributed by atoms with E-state index in [1.165, 1.54) is 69.8 Å². The molecule has 0 amide bonds. The number of rotatable bonds is 29. The maximum atomic E-state index is 11.2. The molecular formula is C32H58NO6S+2. The van der Waals surface area contributed by atoms with Gasteiger partial charge in [-0.3, -0.25) is 0 Å². The van der Waals surface area contributed by atoms with Gasteiger partial charge in [0, 0.05) is 10.9 Å². The van der Waals surface area contributed by atoms with Gasteiger partial charge in [0.15, 0.2) is 5.75 Å². The van der Waals surface area contributed by atoms with E-state index < -0.39 is 10.5 Å². The van der Waals surface area contributed by atoms with Crippen molar-refractivity contribution in [3.05, 3.63) is 42.5 Å². The molecule has 0 aliphatic carbocycles. The van der Waals surface area contributed by atoms with E-state index in [0.717, 1.165) is 44.3 Å². The van der Waals surface area contributed by atoms with Crippen molar-refractivity contribution < 1.29 is 33.2 Å². The number of hydrogen-bond acceptors (Lipinski definition) is 5. The highest BCUT2D eigenvalue weighted by atomic mass is 32.3. The minimum Gasteiger partial charge on any atom is -0.491 e. The first kappa shape index (κ1) is 36.7. The highest BCUT2D eigenvalue weighted by Crippen LogP contribution is 2.16. The summed E-state index contributed by atoms with van der Waals surface area (Å²) in [4.78, 5) is 0. The van der Waals surface area contributed by atoms with Crippen LogP contribution in [0.1, 0.15) is 115 Å². The van der Waals surface area contributed by atoms with E-state index in [0.29, 0.717) is 32.8 Å². The van der Waals surface area contributed by atoms with Crippen molar-refractivity contribution in [2.75, 3.05) is 32.2 Å². The lowest BCUT2D eigenvalue weighted by atomic mass is 10.0. The van der Waals surface area contributed by atoms with Gasteiger partial charge in [-0.2, -0.15) is 5.90 Å². The monoisotopic (exact) mass is 584 g/mol. The lowest BCUT2D eigenvalue weighted by Crippen LogP contribution is -2.53. The number of quaternary nitrogens is 1. The Balaban J connectivity index is 2.15. The molecule has 1 aromatic carbocycles. The van der Waals surface area contributed by atoms with E-state index in [9.17, 15) is 8.76 Å². The molecule has 0 heterocycles. The fourth-order valence-electron chi connectivity index (χ4n) is 4.58. The number of benzene rings is 1. The van der Waals surface area contributed by atoms with Crippen molar-refractivity contribution in [1.29, 1.82) is 0 Å². The molecule has 0 saturated carbocycles. The third kappa shape index (κ3) is 21.5. The average Bonchev–Trinajstić information content (AvgIpc) is 2.96. The van der Waals surface area contributed by atoms with Crippen LogP contribution in [0.5, 0.6) is 5.75 Å². The third-order valence-corrected chi connectivity index (χ3v) is 8.19. The summed E-state index contributed by atoms with van der Waals surface area (Å²) in [6.45, 7) is 8.15. The number of unbranched alkanes of at least 4 members (excludes halogenated alkanes) is 14. The van der Waals surface area contributed by atoms with Crippen LogP contribution < -0.4 is 10.6 Å². The van der Waals surface area contributed by atoms with Crippen LogP contribution in [0.15, 0.2) is 36.9 Å². The van der Waals surface area contributed by atoms with Crippen LogP contribution in [0, 0.1) is 0 Å². The van der Waals surface area contributed by atoms with E-state index >= 15 is 0 Å². The van der Waals surface area contributed by atoms with Crippen LogP contribution in [-0.2, 0) is 39.4 Å². The van der Waals surface area contributed by atoms with Crippen LogP contribution in [0.4, 0.5) is 0 Å². The number of aryl methyl sites for hydroxylation is 1. The smallest absolute Gasteiger partial charge is 0.448 e. The standard InChI is InChI=1S/C32H58NO6S/c1-3-5-6-7-11-14-17-20-30-21-23-31(24-22-30)38-29-32(28-36-25-4-2)37-26-18-15-12-9-8-10-13-16-19-27-40(34,35)39-33/h4,21-24,32H,2-3,5-20,25-29H2,1,33H3/q+2. The number of ether oxygens (including phenoxy) is 3. The molecule has 8 heteroatoms. The van der Waals surface area contributed by atoms with Gasteiger partial charge in [0.1, 0.15) is 18.5 Å². The van der Waals surface area contributed by atoms with Crippen molar-refractivity contribution >= 4 is 10.5 Å². The Kier molecular flexibility index (Phi) is 23.3. The van der Waals surface area contributed by atoms with Gasteiger partial charge >= 0.3 is 10.5 Å². The van der Waals surface area contributed by atoms with E-state index in [2.05, 4.69) is 47.9 Å². The first-order chi connectivity index (χ1) is 19.5. The lowest BCUT2D eigenvalue weighted by Gasteiger charge is -2.19. The van der Waals surface area contributed by atoms with Crippen LogP contribution in [0.2, 0.25) is 0 Å². The van der Waals surface area contributed by atoms with Crippen LogP contribution >= 0.6 is 0 Å². The molecule has 1 rings (SSSR count). The molecule has 0 aromatic heterocycles. The molecule has 0 bridgehead atoms. The minimum atomic E-state index is -3.41. The normalized spacial score (nSPS) is 13.7. The first-order valence-electron chi connectivity index (χ1n) is 15.7. The molecule has 1 radical (unpaired) electrons. The fraction of sp³-hybridized carbons (Fsp3) is 0.750. The van der Waals surface area contributed by atoms with E-state index in [1.807, 2.05) is 0 Å². The zero-order valence-corrected chi connectivity index (χ0v) is 26.1. The topological polar surface area (TPSA) is 102 Å². The Morgan fingerprint density at radius 3 is 2.00 bits per heavy atom. The molecule has 40 heavy (non-hydrogen) atoms. The van der Waals surface area contributed by atoms with Crippen LogP contribution in [0.3, 0.4) is 0 Å². The summed E-state index contributed by atoms with van der Waals surface area (Å²) >= 11 is 0. The summed E-state index contributed by atoms with van der Waals surface area (Å²) in [6.07, 6.45) is 21.6. The maximum Gasteiger partial charge on any atom is 0.448 e. The Hall–Kier alpha value is -1.29. The lowest BCUT2D eigenvalue weighted by molar-refractivity contribution is -0.637. The molecule has 0 fully saturated rings. The Labute approximate surface area is 246 Å². The van der Waals surface area contributed by atoms with Crippen LogP contribution in [-0.4, -0.2) is 38.3 Å².